The van der Waals surface area contributed by atoms with Crippen LogP contribution < -0.4 is 10.6 Å². The maximum Gasteiger partial charge on any atom is 0.355 e. The molecule has 3 aromatic rings. The number of rotatable bonds is 4. The van der Waals surface area contributed by atoms with Crippen molar-refractivity contribution in [2.75, 3.05) is 18.0 Å². The summed E-state index contributed by atoms with van der Waals surface area (Å²) in [4.78, 5) is 27.0. The van der Waals surface area contributed by atoms with E-state index in [4.69, 9.17) is 5.73 Å². The van der Waals surface area contributed by atoms with Crippen LogP contribution in [0.5, 0.6) is 0 Å². The van der Waals surface area contributed by atoms with E-state index >= 15 is 0 Å². The number of hydrogen-bond acceptors (Lipinski definition) is 8. The summed E-state index contributed by atoms with van der Waals surface area (Å²) in [5, 5.41) is 17.0. The Kier molecular flexibility index (Phi) is 4.44. The van der Waals surface area contributed by atoms with Crippen molar-refractivity contribution in [1.82, 2.24) is 25.1 Å². The van der Waals surface area contributed by atoms with Crippen LogP contribution in [0.4, 0.5) is 5.82 Å². The Hall–Kier alpha value is -2.72. The highest BCUT2D eigenvalue weighted by Crippen LogP contribution is 2.32. The van der Waals surface area contributed by atoms with Crippen LogP contribution >= 0.6 is 11.8 Å². The van der Waals surface area contributed by atoms with E-state index < -0.39 is 5.97 Å². The number of nitrogens with two attached hydrogens (primary N) is 1. The molecule has 1 aliphatic rings. The lowest BCUT2D eigenvalue weighted by atomic mass is 9.91. The van der Waals surface area contributed by atoms with Gasteiger partial charge in [0.25, 0.3) is 0 Å². The molecule has 1 aliphatic heterocycles. The number of nitrogens with one attached hydrogen (secondary N) is 1. The van der Waals surface area contributed by atoms with E-state index in [1.807, 2.05) is 0 Å². The lowest BCUT2D eigenvalue weighted by Gasteiger charge is -2.37. The highest BCUT2D eigenvalue weighted by Gasteiger charge is 2.27. The first-order chi connectivity index (χ1) is 12.9. The lowest BCUT2D eigenvalue weighted by molar-refractivity contribution is 0.0686. The van der Waals surface area contributed by atoms with Crippen molar-refractivity contribution in [3.8, 4) is 0 Å². The van der Waals surface area contributed by atoms with Crippen LogP contribution in [0.25, 0.3) is 11.2 Å². The molecule has 0 amide bonds. The van der Waals surface area contributed by atoms with Crippen LogP contribution in [0, 0.1) is 0 Å². The molecule has 0 unspecified atom stereocenters. The predicted molar refractivity (Wildman–Crippen MR) is 101 cm³/mol. The topological polar surface area (TPSA) is 134 Å². The van der Waals surface area contributed by atoms with E-state index in [1.54, 1.807) is 18.3 Å². The monoisotopic (exact) mass is 385 g/mol. The van der Waals surface area contributed by atoms with Crippen molar-refractivity contribution in [2.24, 2.45) is 5.73 Å². The SMILES string of the molecule is CC1(N)CCN(c2cnc3c(Sc4cccnc4C(=O)O)n[nH]c3n2)CC1. The third kappa shape index (κ3) is 3.58. The molecule has 10 heteroatoms. The van der Waals surface area contributed by atoms with Crippen molar-refractivity contribution in [3.63, 3.8) is 0 Å². The Morgan fingerprint density at radius 3 is 2.89 bits per heavy atom. The number of hydrogen-bond donors (Lipinski definition) is 3. The van der Waals surface area contributed by atoms with Crippen molar-refractivity contribution in [3.05, 3.63) is 30.2 Å². The molecule has 4 heterocycles. The van der Waals surface area contributed by atoms with E-state index in [1.165, 1.54) is 18.0 Å². The smallest absolute Gasteiger partial charge is 0.355 e. The van der Waals surface area contributed by atoms with Gasteiger partial charge in [-0.15, -0.1) is 0 Å². The normalized spacial score (nSPS) is 16.6. The van der Waals surface area contributed by atoms with E-state index in [9.17, 15) is 9.90 Å². The van der Waals surface area contributed by atoms with Gasteiger partial charge in [-0.3, -0.25) is 5.10 Å². The molecule has 4 rings (SSSR count). The molecule has 0 bridgehead atoms. The van der Waals surface area contributed by atoms with E-state index in [0.717, 1.165) is 31.7 Å². The second-order valence-corrected chi connectivity index (χ2v) is 7.88. The van der Waals surface area contributed by atoms with Gasteiger partial charge in [-0.1, -0.05) is 11.8 Å². The van der Waals surface area contributed by atoms with Gasteiger partial charge in [0.1, 0.15) is 11.3 Å². The van der Waals surface area contributed by atoms with Crippen LogP contribution in [0.15, 0.2) is 34.4 Å². The minimum absolute atomic E-state index is 0.0126. The predicted octanol–water partition coefficient (Wildman–Crippen LogP) is 1.91. The molecular formula is C17H19N7O2S. The van der Waals surface area contributed by atoms with Gasteiger partial charge in [0.15, 0.2) is 16.4 Å². The van der Waals surface area contributed by atoms with Crippen LogP contribution in [0.3, 0.4) is 0 Å². The summed E-state index contributed by atoms with van der Waals surface area (Å²) >= 11 is 1.20. The summed E-state index contributed by atoms with van der Waals surface area (Å²) in [6.07, 6.45) is 4.97. The number of piperidine rings is 1. The fourth-order valence-corrected chi connectivity index (χ4v) is 3.91. The van der Waals surface area contributed by atoms with Gasteiger partial charge < -0.3 is 15.7 Å². The van der Waals surface area contributed by atoms with E-state index in [0.29, 0.717) is 21.1 Å². The maximum absolute atomic E-state index is 11.3. The zero-order chi connectivity index (χ0) is 19.0. The standard InChI is InChI=1S/C17H19N7O2S/c1-17(18)4-7-24(8-5-17)11-9-20-13-14(21-11)22-23-15(13)27-10-3-2-6-19-12(10)16(25)26/h2-3,6,9H,4-5,7-8,18H2,1H3,(H,25,26)(H,21,22,23). The van der Waals surface area contributed by atoms with Gasteiger partial charge >= 0.3 is 5.97 Å². The summed E-state index contributed by atoms with van der Waals surface area (Å²) in [7, 11) is 0. The molecule has 0 atom stereocenters. The Labute approximate surface area is 159 Å². The fraction of sp³-hybridized carbons (Fsp3) is 0.353. The van der Waals surface area contributed by atoms with E-state index in [-0.39, 0.29) is 11.2 Å². The average molecular weight is 385 g/mol. The Bertz CT molecular complexity index is 994. The minimum Gasteiger partial charge on any atom is -0.476 e. The van der Waals surface area contributed by atoms with Crippen LogP contribution in [-0.2, 0) is 0 Å². The molecule has 0 aromatic carbocycles. The van der Waals surface area contributed by atoms with Gasteiger partial charge in [0.05, 0.1) is 6.20 Å². The Morgan fingerprint density at radius 1 is 1.37 bits per heavy atom. The summed E-state index contributed by atoms with van der Waals surface area (Å²) in [5.41, 5.74) is 7.22. The molecule has 1 saturated heterocycles. The first-order valence-corrected chi connectivity index (χ1v) is 9.36. The molecule has 0 radical (unpaired) electrons. The molecule has 4 N–H and O–H groups in total. The zero-order valence-electron chi connectivity index (χ0n) is 14.7. The van der Waals surface area contributed by atoms with Crippen molar-refractivity contribution >= 4 is 34.7 Å². The minimum atomic E-state index is -1.08. The summed E-state index contributed by atoms with van der Waals surface area (Å²) in [5.74, 6) is -0.297. The third-order valence-electron chi connectivity index (χ3n) is 4.64. The number of H-pyrrole nitrogens is 1. The van der Waals surface area contributed by atoms with Crippen LogP contribution in [0.2, 0.25) is 0 Å². The first-order valence-electron chi connectivity index (χ1n) is 8.54. The number of fused-ring (bicyclic) bond motifs is 1. The molecule has 0 saturated carbocycles. The number of aromatic nitrogens is 5. The first kappa shape index (κ1) is 17.7. The molecule has 9 nitrogen and oxygen atoms in total. The average Bonchev–Trinajstić information content (AvgIpc) is 3.04. The third-order valence-corrected chi connectivity index (χ3v) is 5.66. The number of pyridine rings is 1. The molecular weight excluding hydrogens is 366 g/mol. The Morgan fingerprint density at radius 2 is 2.15 bits per heavy atom. The molecule has 27 heavy (non-hydrogen) atoms. The molecule has 0 aliphatic carbocycles. The zero-order valence-corrected chi connectivity index (χ0v) is 15.5. The maximum atomic E-state index is 11.3. The van der Waals surface area contributed by atoms with Gasteiger partial charge in [-0.25, -0.2) is 19.7 Å². The quantitative estimate of drug-likeness (QED) is 0.615. The molecule has 140 valence electrons. The number of carbonyl (C=O) groups is 1. The van der Waals surface area contributed by atoms with Crippen molar-refractivity contribution < 1.29 is 9.90 Å². The van der Waals surface area contributed by atoms with Crippen LogP contribution in [0.1, 0.15) is 30.3 Å². The largest absolute Gasteiger partial charge is 0.476 e. The number of nitrogens with zero attached hydrogens (tertiary/aromatic N) is 5. The summed E-state index contributed by atoms with van der Waals surface area (Å²) < 4.78 is 0. The van der Waals surface area contributed by atoms with Gasteiger partial charge in [0, 0.05) is 29.7 Å². The highest BCUT2D eigenvalue weighted by atomic mass is 32.2. The molecule has 3 aromatic heterocycles. The summed E-state index contributed by atoms with van der Waals surface area (Å²) in [6, 6.07) is 3.38. The lowest BCUT2D eigenvalue weighted by Crippen LogP contribution is -2.48. The van der Waals surface area contributed by atoms with Crippen molar-refractivity contribution in [2.45, 2.75) is 35.2 Å². The molecule has 0 spiro atoms. The number of carboxylic acids is 1. The molecule has 1 fully saturated rings. The van der Waals surface area contributed by atoms with Crippen molar-refractivity contribution in [1.29, 1.82) is 0 Å². The van der Waals surface area contributed by atoms with Crippen LogP contribution in [-0.4, -0.2) is 54.9 Å². The van der Waals surface area contributed by atoms with Gasteiger partial charge in [0.2, 0.25) is 0 Å². The van der Waals surface area contributed by atoms with Gasteiger partial charge in [-0.2, -0.15) is 5.10 Å². The van der Waals surface area contributed by atoms with E-state index in [2.05, 4.69) is 37.0 Å². The second kappa shape index (κ2) is 6.78. The fourth-order valence-electron chi connectivity index (χ4n) is 2.98. The number of aromatic carboxylic acids is 1. The summed E-state index contributed by atoms with van der Waals surface area (Å²) in [6.45, 7) is 3.74. The number of aromatic amines is 1. The number of anilines is 1. The Balaban J connectivity index is 1.59. The van der Waals surface area contributed by atoms with Gasteiger partial charge in [-0.05, 0) is 31.9 Å². The highest BCUT2D eigenvalue weighted by molar-refractivity contribution is 7.99. The number of carboxylic acid groups (broad SMARTS) is 1. The second-order valence-electron chi connectivity index (χ2n) is 6.85.